The molecule has 1 fully saturated rings. The highest BCUT2D eigenvalue weighted by Crippen LogP contribution is 2.37. The van der Waals surface area contributed by atoms with Crippen LogP contribution in [0.25, 0.3) is 44.3 Å². The van der Waals surface area contributed by atoms with E-state index in [4.69, 9.17) is 0 Å². The number of aryl methyl sites for hydroxylation is 1. The second kappa shape index (κ2) is 9.72. The minimum Gasteiger partial charge on any atom is -0.392 e. The molecule has 1 aliphatic rings. The molecule has 1 aliphatic heterocycles. The van der Waals surface area contributed by atoms with Gasteiger partial charge in [0.2, 0.25) is 0 Å². The standard InChI is InChI=1S/C29H28N6O2/c1-18-14-33-28-27(23-13-24(32-16-25(23)34-28)21-3-2-9-30-15-21)26(18)19-4-6-20(7-5-19)29(37)31-10-12-35-11-8-22(36)17-35/h2-7,9,13-16,22,36H,8,10-12,17H2,1H3,(H,31,37)(H,33,34)/t22-/m0/s1. The first-order valence-electron chi connectivity index (χ1n) is 12.5. The van der Waals surface area contributed by atoms with Crippen molar-refractivity contribution in [2.45, 2.75) is 19.4 Å². The number of pyridine rings is 3. The van der Waals surface area contributed by atoms with E-state index in [1.54, 1.807) is 6.20 Å². The van der Waals surface area contributed by atoms with Crippen molar-refractivity contribution in [3.8, 4) is 22.4 Å². The molecule has 8 nitrogen and oxygen atoms in total. The number of rotatable bonds is 6. The molecule has 1 amide bonds. The number of H-pyrrole nitrogens is 1. The number of amides is 1. The van der Waals surface area contributed by atoms with Gasteiger partial charge >= 0.3 is 0 Å². The Bertz CT molecular complexity index is 1580. The molecule has 6 rings (SSSR count). The van der Waals surface area contributed by atoms with Crippen molar-refractivity contribution in [3.63, 3.8) is 0 Å². The number of β-amino-alcohol motifs (C(OH)–C–C–N with tert-alkyl or cyclic N) is 1. The Morgan fingerprint density at radius 3 is 2.76 bits per heavy atom. The van der Waals surface area contributed by atoms with Crippen LogP contribution in [0.15, 0.2) is 67.3 Å². The molecule has 0 saturated carbocycles. The summed E-state index contributed by atoms with van der Waals surface area (Å²) in [7, 11) is 0. The zero-order chi connectivity index (χ0) is 25.4. The van der Waals surface area contributed by atoms with Gasteiger partial charge in [-0.2, -0.15) is 0 Å². The highest BCUT2D eigenvalue weighted by atomic mass is 16.3. The summed E-state index contributed by atoms with van der Waals surface area (Å²) in [5.41, 5.74) is 7.31. The SMILES string of the molecule is Cc1cnc2[nH]c3cnc(-c4cccnc4)cc3c2c1-c1ccc(C(=O)NCCN2CC[C@H](O)C2)cc1. The Hall–Kier alpha value is -4.14. The van der Waals surface area contributed by atoms with Gasteiger partial charge in [0.05, 0.1) is 23.5 Å². The predicted octanol–water partition coefficient (Wildman–Crippen LogP) is 3.94. The van der Waals surface area contributed by atoms with Crippen LogP contribution in [0.1, 0.15) is 22.3 Å². The van der Waals surface area contributed by atoms with Gasteiger partial charge in [0, 0.05) is 66.7 Å². The molecule has 0 aliphatic carbocycles. The topological polar surface area (TPSA) is 107 Å². The van der Waals surface area contributed by atoms with Gasteiger partial charge < -0.3 is 15.4 Å². The summed E-state index contributed by atoms with van der Waals surface area (Å²) in [5.74, 6) is -0.0952. The summed E-state index contributed by atoms with van der Waals surface area (Å²) in [6.07, 6.45) is 7.83. The molecule has 0 radical (unpaired) electrons. The maximum absolute atomic E-state index is 12.7. The van der Waals surface area contributed by atoms with Crippen LogP contribution in [0.3, 0.4) is 0 Å². The molecule has 0 unspecified atom stereocenters. The van der Waals surface area contributed by atoms with Crippen molar-refractivity contribution in [2.75, 3.05) is 26.2 Å². The summed E-state index contributed by atoms with van der Waals surface area (Å²) < 4.78 is 0. The van der Waals surface area contributed by atoms with Gasteiger partial charge in [-0.3, -0.25) is 19.7 Å². The molecular weight excluding hydrogens is 464 g/mol. The molecule has 5 aromatic rings. The van der Waals surface area contributed by atoms with Crippen LogP contribution in [0.5, 0.6) is 0 Å². The van der Waals surface area contributed by atoms with Gasteiger partial charge in [-0.15, -0.1) is 0 Å². The molecule has 3 N–H and O–H groups in total. The average molecular weight is 493 g/mol. The molecular formula is C29H28N6O2. The van der Waals surface area contributed by atoms with E-state index in [2.05, 4.69) is 43.1 Å². The lowest BCUT2D eigenvalue weighted by Gasteiger charge is -2.15. The van der Waals surface area contributed by atoms with Crippen LogP contribution < -0.4 is 5.32 Å². The Morgan fingerprint density at radius 1 is 1.14 bits per heavy atom. The zero-order valence-electron chi connectivity index (χ0n) is 20.6. The van der Waals surface area contributed by atoms with E-state index in [-0.39, 0.29) is 12.0 Å². The van der Waals surface area contributed by atoms with Crippen molar-refractivity contribution in [1.29, 1.82) is 0 Å². The number of aromatic nitrogens is 4. The number of aliphatic hydroxyl groups excluding tert-OH is 1. The minimum absolute atomic E-state index is 0.0952. The predicted molar refractivity (Wildman–Crippen MR) is 144 cm³/mol. The van der Waals surface area contributed by atoms with Crippen molar-refractivity contribution < 1.29 is 9.90 Å². The lowest BCUT2D eigenvalue weighted by Crippen LogP contribution is -2.34. The first-order chi connectivity index (χ1) is 18.1. The second-order valence-electron chi connectivity index (χ2n) is 9.60. The van der Waals surface area contributed by atoms with E-state index >= 15 is 0 Å². The van der Waals surface area contributed by atoms with Crippen LogP contribution in [0, 0.1) is 6.92 Å². The van der Waals surface area contributed by atoms with E-state index in [1.807, 2.05) is 55.0 Å². The summed E-state index contributed by atoms with van der Waals surface area (Å²) in [4.78, 5) is 31.8. The number of aromatic amines is 1. The zero-order valence-corrected chi connectivity index (χ0v) is 20.6. The van der Waals surface area contributed by atoms with Gasteiger partial charge in [0.1, 0.15) is 5.65 Å². The molecule has 0 bridgehead atoms. The fourth-order valence-corrected chi connectivity index (χ4v) is 5.13. The third-order valence-corrected chi connectivity index (χ3v) is 7.05. The van der Waals surface area contributed by atoms with E-state index in [1.165, 1.54) is 0 Å². The summed E-state index contributed by atoms with van der Waals surface area (Å²) in [5, 5.41) is 14.7. The van der Waals surface area contributed by atoms with E-state index in [9.17, 15) is 9.90 Å². The second-order valence-corrected chi connectivity index (χ2v) is 9.60. The average Bonchev–Trinajstić information content (AvgIpc) is 3.51. The van der Waals surface area contributed by atoms with Gasteiger partial charge in [-0.1, -0.05) is 12.1 Å². The lowest BCUT2D eigenvalue weighted by molar-refractivity contribution is 0.0949. The van der Waals surface area contributed by atoms with Crippen LogP contribution in [0.4, 0.5) is 0 Å². The molecule has 1 atom stereocenters. The fourth-order valence-electron chi connectivity index (χ4n) is 5.13. The number of fused-ring (bicyclic) bond motifs is 3. The molecule has 37 heavy (non-hydrogen) atoms. The molecule has 5 heterocycles. The van der Waals surface area contributed by atoms with Crippen LogP contribution in [0.2, 0.25) is 0 Å². The summed E-state index contributed by atoms with van der Waals surface area (Å²) in [6, 6.07) is 13.7. The van der Waals surface area contributed by atoms with Gasteiger partial charge in [0.15, 0.2) is 0 Å². The Balaban J connectivity index is 1.30. The molecule has 4 aromatic heterocycles. The molecule has 1 aromatic carbocycles. The Kier molecular flexibility index (Phi) is 6.12. The van der Waals surface area contributed by atoms with E-state index < -0.39 is 0 Å². The third-order valence-electron chi connectivity index (χ3n) is 7.05. The quantitative estimate of drug-likeness (QED) is 0.331. The van der Waals surface area contributed by atoms with Crippen molar-refractivity contribution in [1.82, 2.24) is 30.2 Å². The van der Waals surface area contributed by atoms with Crippen LogP contribution >= 0.6 is 0 Å². The number of hydrogen-bond donors (Lipinski definition) is 3. The normalized spacial score (nSPS) is 16.0. The number of hydrogen-bond acceptors (Lipinski definition) is 6. The van der Waals surface area contributed by atoms with Gasteiger partial charge in [-0.25, -0.2) is 4.98 Å². The first kappa shape index (κ1) is 23.3. The van der Waals surface area contributed by atoms with E-state index in [0.717, 1.165) is 69.4 Å². The highest BCUT2D eigenvalue weighted by molar-refractivity contribution is 6.14. The maximum Gasteiger partial charge on any atom is 0.251 e. The number of nitrogens with one attached hydrogen (secondary N) is 2. The lowest BCUT2D eigenvalue weighted by atomic mass is 9.96. The number of benzene rings is 1. The highest BCUT2D eigenvalue weighted by Gasteiger charge is 2.20. The number of likely N-dealkylation sites (tertiary alicyclic amines) is 1. The first-order valence-corrected chi connectivity index (χ1v) is 12.5. The van der Waals surface area contributed by atoms with Crippen molar-refractivity contribution in [3.05, 3.63) is 78.4 Å². The number of carbonyl (C=O) groups excluding carboxylic acids is 1. The molecule has 1 saturated heterocycles. The summed E-state index contributed by atoms with van der Waals surface area (Å²) >= 11 is 0. The summed E-state index contributed by atoms with van der Waals surface area (Å²) in [6.45, 7) is 4.91. The number of nitrogens with zero attached hydrogens (tertiary/aromatic N) is 4. The van der Waals surface area contributed by atoms with Gasteiger partial charge in [-0.05, 0) is 60.4 Å². The Morgan fingerprint density at radius 2 is 2.00 bits per heavy atom. The largest absolute Gasteiger partial charge is 0.392 e. The van der Waals surface area contributed by atoms with Crippen molar-refractivity contribution >= 4 is 27.8 Å². The van der Waals surface area contributed by atoms with Crippen LogP contribution in [-0.4, -0.2) is 68.1 Å². The van der Waals surface area contributed by atoms with Gasteiger partial charge in [0.25, 0.3) is 5.91 Å². The minimum atomic E-state index is -0.248. The molecule has 186 valence electrons. The maximum atomic E-state index is 12.7. The number of carbonyl (C=O) groups is 1. The molecule has 0 spiro atoms. The van der Waals surface area contributed by atoms with Crippen molar-refractivity contribution in [2.24, 2.45) is 0 Å². The van der Waals surface area contributed by atoms with Crippen LogP contribution in [-0.2, 0) is 0 Å². The Labute approximate surface area is 214 Å². The monoisotopic (exact) mass is 492 g/mol. The number of aliphatic hydroxyl groups is 1. The fraction of sp³-hybridized carbons (Fsp3) is 0.241. The van der Waals surface area contributed by atoms with E-state index in [0.29, 0.717) is 18.7 Å². The smallest absolute Gasteiger partial charge is 0.251 e. The third kappa shape index (κ3) is 4.57. The molecule has 8 heteroatoms.